The lowest BCUT2D eigenvalue weighted by atomic mass is 9.62. The van der Waals surface area contributed by atoms with E-state index in [9.17, 15) is 9.90 Å². The van der Waals surface area contributed by atoms with Crippen LogP contribution in [0.5, 0.6) is 11.5 Å². The summed E-state index contributed by atoms with van der Waals surface area (Å²) in [6, 6.07) is 9.77. The Morgan fingerprint density at radius 2 is 1.37 bits per heavy atom. The minimum atomic E-state index is -0.906. The summed E-state index contributed by atoms with van der Waals surface area (Å²) >= 11 is 0. The molecule has 0 saturated heterocycles. The lowest BCUT2D eigenvalue weighted by molar-refractivity contribution is -0.139. The minimum Gasteiger partial charge on any atom is -0.478 e. The van der Waals surface area contributed by atoms with Crippen molar-refractivity contribution in [3.63, 3.8) is 0 Å². The van der Waals surface area contributed by atoms with Crippen LogP contribution in [0.3, 0.4) is 0 Å². The van der Waals surface area contributed by atoms with Crippen molar-refractivity contribution in [2.24, 2.45) is 0 Å². The van der Waals surface area contributed by atoms with Crippen LogP contribution in [0.2, 0.25) is 0 Å². The molecule has 2 aromatic carbocycles. The van der Waals surface area contributed by atoms with Gasteiger partial charge in [-0.05, 0) is 83.0 Å². The Morgan fingerprint density at radius 3 is 2.00 bits per heavy atom. The number of fused-ring (bicyclic) bond motifs is 3. The topological polar surface area (TPSA) is 55.8 Å². The van der Waals surface area contributed by atoms with Gasteiger partial charge < -0.3 is 14.6 Å². The molecule has 158 valence electrons. The number of aromatic carboxylic acids is 1. The average molecular weight is 407 g/mol. The number of benzene rings is 2. The molecular formula is C26H30O4. The van der Waals surface area contributed by atoms with E-state index in [0.29, 0.717) is 5.56 Å². The molecule has 1 aliphatic carbocycles. The summed E-state index contributed by atoms with van der Waals surface area (Å²) in [5.74, 6) is 0.134. The maximum atomic E-state index is 11.3. The van der Waals surface area contributed by atoms with Gasteiger partial charge in [-0.3, -0.25) is 0 Å². The lowest BCUT2D eigenvalue weighted by Crippen LogP contribution is -2.48. The smallest absolute Gasteiger partial charge is 0.335 e. The van der Waals surface area contributed by atoms with Crippen LogP contribution in [0.25, 0.3) is 0 Å². The van der Waals surface area contributed by atoms with Crippen molar-refractivity contribution in [1.82, 2.24) is 0 Å². The highest BCUT2D eigenvalue weighted by Crippen LogP contribution is 2.50. The SMILES string of the molecule is CC1(C)CCC(C)(C)c2cc3c(cc21)CCC1(CCc2cc(C(=O)O)ccc2O1)O3. The first kappa shape index (κ1) is 19.5. The Labute approximate surface area is 178 Å². The third kappa shape index (κ3) is 3.00. The normalized spacial score (nSPS) is 25.3. The summed E-state index contributed by atoms with van der Waals surface area (Å²) in [4.78, 5) is 11.3. The molecular weight excluding hydrogens is 376 g/mol. The molecule has 0 amide bonds. The lowest BCUT2D eigenvalue weighted by Gasteiger charge is -2.45. The molecule has 2 aromatic rings. The number of carboxylic acids is 1. The van der Waals surface area contributed by atoms with Crippen molar-refractivity contribution in [2.75, 3.05) is 0 Å². The van der Waals surface area contributed by atoms with Gasteiger partial charge in [0.2, 0.25) is 0 Å². The first-order valence-electron chi connectivity index (χ1n) is 11.0. The fraction of sp³-hybridized carbons (Fsp3) is 0.500. The average Bonchev–Trinajstić information content (AvgIpc) is 2.70. The van der Waals surface area contributed by atoms with Crippen molar-refractivity contribution in [2.45, 2.75) is 82.8 Å². The van der Waals surface area contributed by atoms with Gasteiger partial charge in [0.25, 0.3) is 5.79 Å². The third-order valence-corrected chi connectivity index (χ3v) is 7.48. The highest BCUT2D eigenvalue weighted by Gasteiger charge is 2.44. The molecule has 30 heavy (non-hydrogen) atoms. The zero-order valence-corrected chi connectivity index (χ0v) is 18.3. The first-order chi connectivity index (χ1) is 14.1. The van der Waals surface area contributed by atoms with Gasteiger partial charge in [-0.25, -0.2) is 4.79 Å². The van der Waals surface area contributed by atoms with Crippen LogP contribution in [0.4, 0.5) is 0 Å². The molecule has 0 aromatic heterocycles. The highest BCUT2D eigenvalue weighted by atomic mass is 16.7. The Balaban J connectivity index is 1.49. The summed E-state index contributed by atoms with van der Waals surface area (Å²) in [6.45, 7) is 9.37. The molecule has 3 aliphatic rings. The van der Waals surface area contributed by atoms with Crippen LogP contribution in [-0.2, 0) is 23.7 Å². The molecule has 2 heterocycles. The maximum absolute atomic E-state index is 11.3. The number of hydrogen-bond acceptors (Lipinski definition) is 3. The molecule has 5 rings (SSSR count). The van der Waals surface area contributed by atoms with Crippen molar-refractivity contribution >= 4 is 5.97 Å². The number of aryl methyl sites for hydroxylation is 2. The molecule has 1 N–H and O–H groups in total. The van der Waals surface area contributed by atoms with Crippen LogP contribution in [0.1, 0.15) is 86.0 Å². The summed E-state index contributed by atoms with van der Waals surface area (Å²) in [7, 11) is 0. The van der Waals surface area contributed by atoms with Crippen LogP contribution in [0, 0.1) is 0 Å². The quantitative estimate of drug-likeness (QED) is 0.652. The monoisotopic (exact) mass is 406 g/mol. The Kier molecular flexibility index (Phi) is 4.06. The molecule has 1 spiro atoms. The standard InChI is InChI=1S/C26H30O4/c1-24(2)11-12-25(3,4)20-15-22-17(14-19(20)24)8-10-26(30-22)9-7-16-13-18(23(27)28)5-6-21(16)29-26/h5-6,13-15H,7-12H2,1-4H3,(H,27,28). The van der Waals surface area contributed by atoms with Crippen LogP contribution in [0.15, 0.2) is 30.3 Å². The maximum Gasteiger partial charge on any atom is 0.335 e. The molecule has 0 radical (unpaired) electrons. The fourth-order valence-corrected chi connectivity index (χ4v) is 5.34. The number of ether oxygens (including phenoxy) is 2. The van der Waals surface area contributed by atoms with Crippen molar-refractivity contribution < 1.29 is 19.4 Å². The predicted octanol–water partition coefficient (Wildman–Crippen LogP) is 5.78. The summed E-state index contributed by atoms with van der Waals surface area (Å²) in [6.07, 6.45) is 5.61. The van der Waals surface area contributed by atoms with Gasteiger partial charge in [0.1, 0.15) is 11.5 Å². The van der Waals surface area contributed by atoms with Gasteiger partial charge in [0.15, 0.2) is 0 Å². The van der Waals surface area contributed by atoms with Crippen LogP contribution >= 0.6 is 0 Å². The highest BCUT2D eigenvalue weighted by molar-refractivity contribution is 5.88. The van der Waals surface area contributed by atoms with E-state index in [4.69, 9.17) is 9.47 Å². The molecule has 4 heteroatoms. The largest absolute Gasteiger partial charge is 0.478 e. The summed E-state index contributed by atoms with van der Waals surface area (Å²) in [5, 5.41) is 9.25. The van der Waals surface area contributed by atoms with Crippen molar-refractivity contribution in [1.29, 1.82) is 0 Å². The fourth-order valence-electron chi connectivity index (χ4n) is 5.34. The van der Waals surface area contributed by atoms with Crippen LogP contribution in [-0.4, -0.2) is 16.9 Å². The first-order valence-corrected chi connectivity index (χ1v) is 11.0. The van der Waals surface area contributed by atoms with E-state index in [1.165, 1.54) is 29.5 Å². The van der Waals surface area contributed by atoms with E-state index in [-0.39, 0.29) is 10.8 Å². The van der Waals surface area contributed by atoms with Gasteiger partial charge in [0, 0.05) is 12.8 Å². The van der Waals surface area contributed by atoms with Gasteiger partial charge in [-0.1, -0.05) is 33.8 Å². The molecule has 4 nitrogen and oxygen atoms in total. The number of carbonyl (C=O) groups is 1. The van der Waals surface area contributed by atoms with E-state index in [1.54, 1.807) is 18.2 Å². The van der Waals surface area contributed by atoms with Crippen molar-refractivity contribution in [3.8, 4) is 11.5 Å². The summed E-state index contributed by atoms with van der Waals surface area (Å²) in [5.41, 5.74) is 5.73. The van der Waals surface area contributed by atoms with Crippen LogP contribution < -0.4 is 9.47 Å². The van der Waals surface area contributed by atoms with Gasteiger partial charge in [-0.15, -0.1) is 0 Å². The van der Waals surface area contributed by atoms with Gasteiger partial charge in [-0.2, -0.15) is 0 Å². The van der Waals surface area contributed by atoms with Gasteiger partial charge >= 0.3 is 5.97 Å². The van der Waals surface area contributed by atoms with E-state index < -0.39 is 11.8 Å². The zero-order chi connectivity index (χ0) is 21.3. The van der Waals surface area contributed by atoms with E-state index in [1.807, 2.05) is 0 Å². The molecule has 1 atom stereocenters. The molecule has 0 bridgehead atoms. The second kappa shape index (κ2) is 6.26. The summed E-state index contributed by atoms with van der Waals surface area (Å²) < 4.78 is 13.0. The van der Waals surface area contributed by atoms with E-state index in [0.717, 1.165) is 42.7 Å². The van der Waals surface area contributed by atoms with E-state index in [2.05, 4.69) is 39.8 Å². The Morgan fingerprint density at radius 1 is 0.800 bits per heavy atom. The molecule has 2 aliphatic heterocycles. The second-order valence-corrected chi connectivity index (χ2v) is 10.5. The molecule has 1 unspecified atom stereocenters. The minimum absolute atomic E-state index is 0.140. The second-order valence-electron chi connectivity index (χ2n) is 10.5. The predicted molar refractivity (Wildman–Crippen MR) is 116 cm³/mol. The van der Waals surface area contributed by atoms with Gasteiger partial charge in [0.05, 0.1) is 5.56 Å². The number of hydrogen-bond donors (Lipinski definition) is 1. The third-order valence-electron chi connectivity index (χ3n) is 7.48. The molecule has 0 fully saturated rings. The Hall–Kier alpha value is -2.49. The van der Waals surface area contributed by atoms with Crippen molar-refractivity contribution in [3.05, 3.63) is 58.1 Å². The Bertz CT molecular complexity index is 1050. The number of carboxylic acid groups (broad SMARTS) is 1. The van der Waals surface area contributed by atoms with E-state index >= 15 is 0 Å². The number of rotatable bonds is 1. The zero-order valence-electron chi connectivity index (χ0n) is 18.3. The molecule has 0 saturated carbocycles.